The maximum atomic E-state index is 11.2. The number of nitrogens with one attached hydrogen (secondary N) is 1. The summed E-state index contributed by atoms with van der Waals surface area (Å²) in [6.07, 6.45) is 6.54. The Bertz CT molecular complexity index is 449. The first-order chi connectivity index (χ1) is 8.68. The Morgan fingerprint density at radius 3 is 2.56 bits per heavy atom. The molecule has 0 bridgehead atoms. The predicted octanol–water partition coefficient (Wildman–Crippen LogP) is 1.85. The summed E-state index contributed by atoms with van der Waals surface area (Å²) in [5.41, 5.74) is 1.05. The third kappa shape index (κ3) is 6.27. The SMILES string of the molecule is O=C(O)CCNC(=O)/C=C/C=C/c1ccccc1. The first-order valence-electron chi connectivity index (χ1n) is 5.58. The molecular formula is C14H15NO3. The van der Waals surface area contributed by atoms with Gasteiger partial charge in [0.1, 0.15) is 0 Å². The standard InChI is InChI=1S/C14H15NO3/c16-13(15-11-10-14(17)18)9-5-4-8-12-6-2-1-3-7-12/h1-9H,10-11H2,(H,15,16)(H,17,18)/b8-4+,9-5+. The fourth-order valence-electron chi connectivity index (χ4n) is 1.23. The van der Waals surface area contributed by atoms with E-state index in [4.69, 9.17) is 5.11 Å². The fourth-order valence-corrected chi connectivity index (χ4v) is 1.23. The van der Waals surface area contributed by atoms with Crippen LogP contribution < -0.4 is 5.32 Å². The van der Waals surface area contributed by atoms with Gasteiger partial charge in [-0.05, 0) is 5.56 Å². The van der Waals surface area contributed by atoms with Crippen LogP contribution in [0.25, 0.3) is 6.08 Å². The van der Waals surface area contributed by atoms with Crippen molar-refractivity contribution in [2.45, 2.75) is 6.42 Å². The zero-order valence-electron chi connectivity index (χ0n) is 9.87. The summed E-state index contributed by atoms with van der Waals surface area (Å²) in [5, 5.41) is 10.9. The molecule has 1 aromatic carbocycles. The molecule has 0 radical (unpaired) electrons. The minimum Gasteiger partial charge on any atom is -0.481 e. The third-order valence-electron chi connectivity index (χ3n) is 2.09. The highest BCUT2D eigenvalue weighted by Crippen LogP contribution is 2.00. The van der Waals surface area contributed by atoms with Gasteiger partial charge in [0.05, 0.1) is 6.42 Å². The van der Waals surface area contributed by atoms with E-state index >= 15 is 0 Å². The molecule has 1 amide bonds. The molecule has 4 heteroatoms. The molecule has 94 valence electrons. The van der Waals surface area contributed by atoms with Crippen LogP contribution in [0.1, 0.15) is 12.0 Å². The van der Waals surface area contributed by atoms with Crippen molar-refractivity contribution in [3.05, 3.63) is 54.1 Å². The van der Waals surface area contributed by atoms with Gasteiger partial charge in [-0.25, -0.2) is 0 Å². The third-order valence-corrected chi connectivity index (χ3v) is 2.09. The first kappa shape index (κ1) is 13.7. The van der Waals surface area contributed by atoms with Crippen molar-refractivity contribution in [1.29, 1.82) is 0 Å². The second kappa shape index (κ2) is 7.84. The van der Waals surface area contributed by atoms with Gasteiger partial charge in [-0.3, -0.25) is 9.59 Å². The van der Waals surface area contributed by atoms with E-state index in [0.29, 0.717) is 0 Å². The Kier molecular flexibility index (Phi) is 5.97. The number of carbonyl (C=O) groups is 2. The summed E-state index contributed by atoms with van der Waals surface area (Å²) >= 11 is 0. The zero-order valence-corrected chi connectivity index (χ0v) is 9.87. The van der Waals surface area contributed by atoms with Crippen molar-refractivity contribution in [3.63, 3.8) is 0 Å². The number of allylic oxidation sites excluding steroid dienone is 2. The van der Waals surface area contributed by atoms with E-state index in [1.165, 1.54) is 6.08 Å². The van der Waals surface area contributed by atoms with Crippen molar-refractivity contribution < 1.29 is 14.7 Å². The molecule has 2 N–H and O–H groups in total. The number of hydrogen-bond acceptors (Lipinski definition) is 2. The molecular weight excluding hydrogens is 230 g/mol. The van der Waals surface area contributed by atoms with Gasteiger partial charge in [0, 0.05) is 12.6 Å². The van der Waals surface area contributed by atoms with E-state index in [1.807, 2.05) is 36.4 Å². The number of hydrogen-bond donors (Lipinski definition) is 2. The van der Waals surface area contributed by atoms with Crippen LogP contribution in [0.3, 0.4) is 0 Å². The van der Waals surface area contributed by atoms with Gasteiger partial charge in [0.25, 0.3) is 0 Å². The Labute approximate surface area is 106 Å². The summed E-state index contributed by atoms with van der Waals surface area (Å²) in [7, 11) is 0. The van der Waals surface area contributed by atoms with E-state index in [1.54, 1.807) is 12.2 Å². The minimum atomic E-state index is -0.928. The predicted molar refractivity (Wildman–Crippen MR) is 69.9 cm³/mol. The van der Waals surface area contributed by atoms with Crippen LogP contribution in [-0.2, 0) is 9.59 Å². The molecule has 0 saturated carbocycles. The summed E-state index contributed by atoms with van der Waals surface area (Å²) in [6, 6.07) is 9.71. The van der Waals surface area contributed by atoms with Crippen molar-refractivity contribution >= 4 is 18.0 Å². The highest BCUT2D eigenvalue weighted by atomic mass is 16.4. The van der Waals surface area contributed by atoms with E-state index in [9.17, 15) is 9.59 Å². The molecule has 0 saturated heterocycles. The molecule has 0 aliphatic rings. The first-order valence-corrected chi connectivity index (χ1v) is 5.58. The number of carbonyl (C=O) groups excluding carboxylic acids is 1. The number of carboxylic acid groups (broad SMARTS) is 1. The summed E-state index contributed by atoms with van der Waals surface area (Å²) in [4.78, 5) is 21.4. The second-order valence-corrected chi connectivity index (χ2v) is 3.56. The van der Waals surface area contributed by atoms with Gasteiger partial charge in [-0.2, -0.15) is 0 Å². The highest BCUT2D eigenvalue weighted by molar-refractivity contribution is 5.88. The Morgan fingerprint density at radius 2 is 1.89 bits per heavy atom. The van der Waals surface area contributed by atoms with Crippen LogP contribution in [0.15, 0.2) is 48.6 Å². The molecule has 0 aromatic heterocycles. The molecule has 0 atom stereocenters. The molecule has 4 nitrogen and oxygen atoms in total. The quantitative estimate of drug-likeness (QED) is 0.593. The lowest BCUT2D eigenvalue weighted by atomic mass is 10.2. The number of rotatable bonds is 6. The van der Waals surface area contributed by atoms with E-state index in [-0.39, 0.29) is 18.9 Å². The van der Waals surface area contributed by atoms with Gasteiger partial charge >= 0.3 is 5.97 Å². The second-order valence-electron chi connectivity index (χ2n) is 3.56. The average molecular weight is 245 g/mol. The fraction of sp³-hybridized carbons (Fsp3) is 0.143. The van der Waals surface area contributed by atoms with Gasteiger partial charge in [-0.15, -0.1) is 0 Å². The zero-order chi connectivity index (χ0) is 13.2. The maximum absolute atomic E-state index is 11.2. The van der Waals surface area contributed by atoms with Crippen molar-refractivity contribution in [3.8, 4) is 0 Å². The van der Waals surface area contributed by atoms with Gasteiger partial charge in [0.15, 0.2) is 0 Å². The number of benzene rings is 1. The van der Waals surface area contributed by atoms with E-state index in [2.05, 4.69) is 5.32 Å². The summed E-state index contributed by atoms with van der Waals surface area (Å²) in [6.45, 7) is 0.140. The Hall–Kier alpha value is -2.36. The minimum absolute atomic E-state index is 0.0700. The number of carboxylic acids is 1. The van der Waals surface area contributed by atoms with E-state index in [0.717, 1.165) is 5.56 Å². The Balaban J connectivity index is 2.30. The number of aliphatic carboxylic acids is 1. The van der Waals surface area contributed by atoms with E-state index < -0.39 is 5.97 Å². The monoisotopic (exact) mass is 245 g/mol. The van der Waals surface area contributed by atoms with Crippen LogP contribution in [0.2, 0.25) is 0 Å². The summed E-state index contributed by atoms with van der Waals surface area (Å²) < 4.78 is 0. The average Bonchev–Trinajstić information content (AvgIpc) is 2.35. The highest BCUT2D eigenvalue weighted by Gasteiger charge is 1.97. The van der Waals surface area contributed by atoms with Gasteiger partial charge in [0.2, 0.25) is 5.91 Å². The van der Waals surface area contributed by atoms with Gasteiger partial charge < -0.3 is 10.4 Å². The molecule has 0 heterocycles. The largest absolute Gasteiger partial charge is 0.481 e. The lowest BCUT2D eigenvalue weighted by Crippen LogP contribution is -2.23. The molecule has 0 unspecified atom stereocenters. The molecule has 0 spiro atoms. The van der Waals surface area contributed by atoms with Crippen LogP contribution in [-0.4, -0.2) is 23.5 Å². The normalized spacial score (nSPS) is 10.9. The van der Waals surface area contributed by atoms with Crippen LogP contribution in [0.4, 0.5) is 0 Å². The van der Waals surface area contributed by atoms with Crippen LogP contribution in [0, 0.1) is 0 Å². The molecule has 0 aliphatic heterocycles. The molecule has 18 heavy (non-hydrogen) atoms. The molecule has 1 rings (SSSR count). The molecule has 0 fully saturated rings. The lowest BCUT2D eigenvalue weighted by Gasteiger charge is -1.97. The van der Waals surface area contributed by atoms with Crippen molar-refractivity contribution in [2.24, 2.45) is 0 Å². The summed E-state index contributed by atoms with van der Waals surface area (Å²) in [5.74, 6) is -1.22. The van der Waals surface area contributed by atoms with Crippen LogP contribution >= 0.6 is 0 Å². The smallest absolute Gasteiger partial charge is 0.305 e. The lowest BCUT2D eigenvalue weighted by molar-refractivity contribution is -0.136. The van der Waals surface area contributed by atoms with Crippen molar-refractivity contribution in [2.75, 3.05) is 6.54 Å². The van der Waals surface area contributed by atoms with Crippen molar-refractivity contribution in [1.82, 2.24) is 5.32 Å². The molecule has 1 aromatic rings. The molecule has 0 aliphatic carbocycles. The topological polar surface area (TPSA) is 66.4 Å². The maximum Gasteiger partial charge on any atom is 0.305 e. The van der Waals surface area contributed by atoms with Crippen LogP contribution in [0.5, 0.6) is 0 Å². The number of amides is 1. The van der Waals surface area contributed by atoms with Gasteiger partial charge in [-0.1, -0.05) is 48.6 Å². The Morgan fingerprint density at radius 1 is 1.17 bits per heavy atom.